The monoisotopic (exact) mass is 1450 g/mol. The predicted molar refractivity (Wildman–Crippen MR) is 404 cm³/mol. The second-order valence-electron chi connectivity index (χ2n) is 30.2. The number of esters is 4. The summed E-state index contributed by atoms with van der Waals surface area (Å²) in [4.78, 5) is 72.9. The largest absolute Gasteiger partial charge is 0.472 e. The first-order chi connectivity index (χ1) is 47.7. The first-order valence-electron chi connectivity index (χ1n) is 41.3. The fourth-order valence-electron chi connectivity index (χ4n) is 12.2. The van der Waals surface area contributed by atoms with Crippen LogP contribution in [-0.4, -0.2) is 96.7 Å². The van der Waals surface area contributed by atoms with Gasteiger partial charge < -0.3 is 33.8 Å². The zero-order chi connectivity index (χ0) is 73.1. The summed E-state index contributed by atoms with van der Waals surface area (Å²) in [7, 11) is -9.92. The van der Waals surface area contributed by atoms with Crippen molar-refractivity contribution in [1.82, 2.24) is 0 Å². The van der Waals surface area contributed by atoms with E-state index < -0.39 is 97.5 Å². The van der Waals surface area contributed by atoms with Crippen LogP contribution < -0.4 is 0 Å². The van der Waals surface area contributed by atoms with Crippen molar-refractivity contribution in [3.8, 4) is 0 Å². The standard InChI is InChI=1S/C80H156O17P2/c1-9-72(7)58-50-42-36-38-44-52-60-77(82)90-66-75(96-79(84)62-54-46-34-30-26-22-18-14-12-11-13-16-20-24-28-32-40-48-56-70(3)4)68-94-98(86,87)92-64-74(81)65-93-99(88,89)95-69-76(67-91-78(83)61-53-45-39-37-43-51-59-73(8)10-2)97-80(85)63-55-47-35-31-27-23-19-15-17-21-25-29-33-41-49-57-71(5)6/h70-76,81H,9-69H2,1-8H3,(H,86,87)(H,88,89)/t72?,73?,74-,75-,76-/m1/s1. The zero-order valence-electron chi connectivity index (χ0n) is 65.1. The number of carbonyl (C=O) groups is 4. The minimum atomic E-state index is -4.96. The summed E-state index contributed by atoms with van der Waals surface area (Å²) in [5.74, 6) is 0.966. The number of hydrogen-bond acceptors (Lipinski definition) is 15. The fraction of sp³-hybridized carbons (Fsp3) is 0.950. The molecule has 0 saturated heterocycles. The second-order valence-corrected chi connectivity index (χ2v) is 33.1. The molecule has 0 amide bonds. The van der Waals surface area contributed by atoms with Crippen LogP contribution in [0.5, 0.6) is 0 Å². The van der Waals surface area contributed by atoms with Gasteiger partial charge in [-0.1, -0.05) is 357 Å². The van der Waals surface area contributed by atoms with Crippen LogP contribution >= 0.6 is 15.6 Å². The summed E-state index contributed by atoms with van der Waals surface area (Å²) in [6, 6.07) is 0. The number of aliphatic hydroxyl groups is 1. The van der Waals surface area contributed by atoms with E-state index in [1.165, 1.54) is 199 Å². The summed E-state index contributed by atoms with van der Waals surface area (Å²) >= 11 is 0. The van der Waals surface area contributed by atoms with Gasteiger partial charge in [0.05, 0.1) is 26.4 Å². The van der Waals surface area contributed by atoms with E-state index in [9.17, 15) is 43.2 Å². The first kappa shape index (κ1) is 97.1. The lowest BCUT2D eigenvalue weighted by atomic mass is 10.00. The van der Waals surface area contributed by atoms with Gasteiger partial charge in [-0.2, -0.15) is 0 Å². The molecule has 0 aliphatic carbocycles. The van der Waals surface area contributed by atoms with Crippen LogP contribution in [0.3, 0.4) is 0 Å². The minimum Gasteiger partial charge on any atom is -0.462 e. The number of phosphoric acid groups is 2. The fourth-order valence-corrected chi connectivity index (χ4v) is 13.8. The first-order valence-corrected chi connectivity index (χ1v) is 44.3. The number of aliphatic hydroxyl groups excluding tert-OH is 1. The highest BCUT2D eigenvalue weighted by molar-refractivity contribution is 7.47. The molecular formula is C80H156O17P2. The molecule has 0 aliphatic heterocycles. The van der Waals surface area contributed by atoms with Crippen molar-refractivity contribution in [2.45, 2.75) is 427 Å². The Kier molecular flexibility index (Phi) is 67.8. The molecule has 0 aliphatic rings. The van der Waals surface area contributed by atoms with Gasteiger partial charge in [-0.05, 0) is 49.4 Å². The second kappa shape index (κ2) is 69.1. The van der Waals surface area contributed by atoms with E-state index >= 15 is 0 Å². The van der Waals surface area contributed by atoms with E-state index in [0.29, 0.717) is 25.7 Å². The van der Waals surface area contributed by atoms with Gasteiger partial charge in [-0.15, -0.1) is 0 Å². The van der Waals surface area contributed by atoms with Gasteiger partial charge in [0.1, 0.15) is 19.3 Å². The molecule has 0 fully saturated rings. The lowest BCUT2D eigenvalue weighted by Crippen LogP contribution is -2.30. The molecule has 0 heterocycles. The molecule has 0 radical (unpaired) electrons. The molecule has 19 heteroatoms. The molecule has 0 aromatic heterocycles. The summed E-state index contributed by atoms with van der Waals surface area (Å²) in [5.41, 5.74) is 0. The highest BCUT2D eigenvalue weighted by atomic mass is 31.2. The number of rotatable bonds is 77. The molecule has 17 nitrogen and oxygen atoms in total. The molecule has 0 aromatic rings. The quantitative estimate of drug-likeness (QED) is 0.0222. The molecular weight excluding hydrogens is 1290 g/mol. The number of hydrogen-bond donors (Lipinski definition) is 3. The minimum absolute atomic E-state index is 0.106. The lowest BCUT2D eigenvalue weighted by Gasteiger charge is -2.21. The van der Waals surface area contributed by atoms with Gasteiger partial charge in [-0.3, -0.25) is 37.3 Å². The van der Waals surface area contributed by atoms with E-state index in [0.717, 1.165) is 126 Å². The van der Waals surface area contributed by atoms with Gasteiger partial charge in [0.25, 0.3) is 0 Å². The van der Waals surface area contributed by atoms with E-state index in [4.69, 9.17) is 37.0 Å². The van der Waals surface area contributed by atoms with Crippen LogP contribution in [0.4, 0.5) is 0 Å². The molecule has 3 N–H and O–H groups in total. The van der Waals surface area contributed by atoms with Crippen molar-refractivity contribution < 1.29 is 80.2 Å². The summed E-state index contributed by atoms with van der Waals surface area (Å²) in [5, 5.41) is 10.6. The highest BCUT2D eigenvalue weighted by Crippen LogP contribution is 2.45. The Bertz CT molecular complexity index is 1940. The predicted octanol–water partition coefficient (Wildman–Crippen LogP) is 23.6. The Morgan fingerprint density at radius 1 is 0.283 bits per heavy atom. The topological polar surface area (TPSA) is 237 Å². The van der Waals surface area contributed by atoms with E-state index in [1.54, 1.807) is 0 Å². The number of ether oxygens (including phenoxy) is 4. The van der Waals surface area contributed by atoms with E-state index in [-0.39, 0.29) is 25.7 Å². The summed E-state index contributed by atoms with van der Waals surface area (Å²) in [6.45, 7) is 14.2. The van der Waals surface area contributed by atoms with Crippen LogP contribution in [0.2, 0.25) is 0 Å². The maximum Gasteiger partial charge on any atom is 0.472 e. The Labute approximate surface area is 607 Å². The third kappa shape index (κ3) is 71.5. The molecule has 7 atom stereocenters. The number of carbonyl (C=O) groups excluding carboxylic acids is 4. The number of unbranched alkanes of at least 4 members (excludes halogenated alkanes) is 41. The number of phosphoric ester groups is 2. The molecule has 0 saturated carbocycles. The van der Waals surface area contributed by atoms with Crippen molar-refractivity contribution >= 4 is 39.5 Å². The van der Waals surface area contributed by atoms with Crippen LogP contribution in [-0.2, 0) is 65.4 Å². The smallest absolute Gasteiger partial charge is 0.462 e. The van der Waals surface area contributed by atoms with Crippen LogP contribution in [0.15, 0.2) is 0 Å². The third-order valence-corrected chi connectivity index (χ3v) is 21.2. The Hall–Kier alpha value is -1.94. The zero-order valence-corrected chi connectivity index (χ0v) is 66.9. The van der Waals surface area contributed by atoms with Crippen molar-refractivity contribution in [2.75, 3.05) is 39.6 Å². The van der Waals surface area contributed by atoms with Crippen LogP contribution in [0, 0.1) is 23.7 Å². The van der Waals surface area contributed by atoms with Gasteiger partial charge in [-0.25, -0.2) is 9.13 Å². The Balaban J connectivity index is 5.18. The molecule has 0 aromatic carbocycles. The molecule has 0 bridgehead atoms. The maximum atomic E-state index is 13.1. The summed E-state index contributed by atoms with van der Waals surface area (Å²) in [6.07, 6.45) is 55.7. The molecule has 4 unspecified atom stereocenters. The lowest BCUT2D eigenvalue weighted by molar-refractivity contribution is -0.161. The highest BCUT2D eigenvalue weighted by Gasteiger charge is 2.30. The maximum absolute atomic E-state index is 13.1. The van der Waals surface area contributed by atoms with Gasteiger partial charge >= 0.3 is 39.5 Å². The van der Waals surface area contributed by atoms with Gasteiger partial charge in [0, 0.05) is 25.7 Å². The van der Waals surface area contributed by atoms with Crippen molar-refractivity contribution in [3.63, 3.8) is 0 Å². The Morgan fingerprint density at radius 2 is 0.485 bits per heavy atom. The third-order valence-electron chi connectivity index (χ3n) is 19.3. The normalized spacial score (nSPS) is 14.6. The molecule has 0 rings (SSSR count). The average molecular weight is 1450 g/mol. The van der Waals surface area contributed by atoms with Gasteiger partial charge in [0.15, 0.2) is 12.2 Å². The van der Waals surface area contributed by atoms with Crippen molar-refractivity contribution in [3.05, 3.63) is 0 Å². The van der Waals surface area contributed by atoms with E-state index in [1.807, 2.05) is 0 Å². The van der Waals surface area contributed by atoms with Crippen LogP contribution in [0.1, 0.15) is 409 Å². The Morgan fingerprint density at radius 3 is 0.717 bits per heavy atom. The molecule has 99 heavy (non-hydrogen) atoms. The van der Waals surface area contributed by atoms with Gasteiger partial charge in [0.2, 0.25) is 0 Å². The van der Waals surface area contributed by atoms with Crippen LogP contribution in [0.25, 0.3) is 0 Å². The van der Waals surface area contributed by atoms with Crippen molar-refractivity contribution in [2.24, 2.45) is 23.7 Å². The van der Waals surface area contributed by atoms with E-state index in [2.05, 4.69) is 55.4 Å². The van der Waals surface area contributed by atoms with Crippen molar-refractivity contribution in [1.29, 1.82) is 0 Å². The average Bonchev–Trinajstić information content (AvgIpc) is 0.964. The summed E-state index contributed by atoms with van der Waals surface area (Å²) < 4.78 is 68.6. The SMILES string of the molecule is CCC(C)CCCCCCCCC(=O)OC[C@H](COP(=O)(O)OC[C@@H](O)COP(=O)(O)OC[C@@H](COC(=O)CCCCCCCCC(C)CC)OC(=O)CCCCCCCCCCCCCCCCCC(C)C)OC(=O)CCCCCCCCCCCCCCCCCCCCC(C)C. The molecule has 588 valence electrons. The molecule has 0 spiro atoms.